The summed E-state index contributed by atoms with van der Waals surface area (Å²) in [4.78, 5) is 2.77. The van der Waals surface area contributed by atoms with Crippen LogP contribution in [0.5, 0.6) is 0 Å². The van der Waals surface area contributed by atoms with Crippen LogP contribution >= 0.6 is 11.3 Å². The smallest absolute Gasteiger partial charge is 0.0762 e. The summed E-state index contributed by atoms with van der Waals surface area (Å²) in [5, 5.41) is 8.29. The Bertz CT molecular complexity index is 552. The Labute approximate surface area is 125 Å². The van der Waals surface area contributed by atoms with Crippen molar-refractivity contribution in [2.45, 2.75) is 58.2 Å². The number of aromatic nitrogens is 2. The van der Waals surface area contributed by atoms with Crippen LogP contribution in [-0.4, -0.2) is 9.78 Å². The summed E-state index contributed by atoms with van der Waals surface area (Å²) in [7, 11) is 0. The van der Waals surface area contributed by atoms with Gasteiger partial charge in [0.25, 0.3) is 0 Å². The highest BCUT2D eigenvalue weighted by molar-refractivity contribution is 7.12. The van der Waals surface area contributed by atoms with E-state index in [-0.39, 0.29) is 0 Å². The van der Waals surface area contributed by atoms with Crippen LogP contribution in [0.2, 0.25) is 0 Å². The van der Waals surface area contributed by atoms with Gasteiger partial charge in [-0.25, -0.2) is 0 Å². The number of aryl methyl sites for hydroxylation is 1. The molecule has 2 heterocycles. The molecule has 0 spiro atoms. The molecule has 4 heteroatoms. The molecule has 3 nitrogen and oxygen atoms in total. The molecule has 20 heavy (non-hydrogen) atoms. The fraction of sp³-hybridized carbons (Fsp3) is 0.562. The summed E-state index contributed by atoms with van der Waals surface area (Å²) in [6.07, 6.45) is 7.44. The van der Waals surface area contributed by atoms with Crippen LogP contribution in [0.1, 0.15) is 60.1 Å². The fourth-order valence-corrected chi connectivity index (χ4v) is 3.79. The second kappa shape index (κ2) is 6.10. The molecule has 1 aliphatic carbocycles. The van der Waals surface area contributed by atoms with E-state index in [9.17, 15) is 0 Å². The van der Waals surface area contributed by atoms with Crippen molar-refractivity contribution in [3.8, 4) is 0 Å². The molecule has 1 atom stereocenters. The van der Waals surface area contributed by atoms with Crippen molar-refractivity contribution in [2.24, 2.45) is 0 Å². The molecule has 108 valence electrons. The van der Waals surface area contributed by atoms with E-state index in [1.165, 1.54) is 35.4 Å². The topological polar surface area (TPSA) is 29.9 Å². The van der Waals surface area contributed by atoms with Gasteiger partial charge in [-0.3, -0.25) is 4.68 Å². The third-order valence-electron chi connectivity index (χ3n) is 4.14. The predicted molar refractivity (Wildman–Crippen MR) is 84.0 cm³/mol. The van der Waals surface area contributed by atoms with Crippen molar-refractivity contribution in [1.29, 1.82) is 0 Å². The second-order valence-corrected chi connectivity index (χ2v) is 7.10. The fourth-order valence-electron chi connectivity index (χ4n) is 2.89. The lowest BCUT2D eigenvalue weighted by molar-refractivity contribution is 0.458. The summed E-state index contributed by atoms with van der Waals surface area (Å²) in [6.45, 7) is 5.22. The lowest BCUT2D eigenvalue weighted by atomic mass is 10.2. The van der Waals surface area contributed by atoms with Gasteiger partial charge >= 0.3 is 0 Å². The van der Waals surface area contributed by atoms with E-state index in [1.807, 2.05) is 11.3 Å². The molecule has 0 radical (unpaired) electrons. The average molecular weight is 289 g/mol. The van der Waals surface area contributed by atoms with Gasteiger partial charge in [0.05, 0.1) is 11.7 Å². The van der Waals surface area contributed by atoms with E-state index in [0.717, 1.165) is 12.2 Å². The highest BCUT2D eigenvalue weighted by atomic mass is 32.1. The molecule has 1 N–H and O–H groups in total. The first-order valence-electron chi connectivity index (χ1n) is 7.56. The molecule has 1 saturated carbocycles. The molecule has 0 aromatic carbocycles. The van der Waals surface area contributed by atoms with Crippen molar-refractivity contribution >= 4 is 11.3 Å². The van der Waals surface area contributed by atoms with E-state index < -0.39 is 0 Å². The zero-order valence-corrected chi connectivity index (χ0v) is 13.1. The summed E-state index contributed by atoms with van der Waals surface area (Å²) in [6, 6.07) is 7.59. The lowest BCUT2D eigenvalue weighted by Crippen LogP contribution is -2.18. The normalized spacial score (nSPS) is 17.7. The SMILES string of the molecule is Cc1ccc(C(C)NCc2ccn(C3CCCC3)n2)s1. The van der Waals surface area contributed by atoms with Crippen LogP contribution in [0, 0.1) is 6.92 Å². The summed E-state index contributed by atoms with van der Waals surface area (Å²) < 4.78 is 2.17. The molecule has 0 saturated heterocycles. The largest absolute Gasteiger partial charge is 0.304 e. The van der Waals surface area contributed by atoms with Crippen LogP contribution in [-0.2, 0) is 6.54 Å². The molecule has 2 aromatic heterocycles. The first-order chi connectivity index (χ1) is 9.72. The quantitative estimate of drug-likeness (QED) is 0.893. The number of rotatable bonds is 5. The average Bonchev–Trinajstić information content (AvgIpc) is 3.16. The zero-order chi connectivity index (χ0) is 13.9. The van der Waals surface area contributed by atoms with Gasteiger partial charge in [-0.15, -0.1) is 11.3 Å². The molecule has 0 aliphatic heterocycles. The van der Waals surface area contributed by atoms with Crippen molar-refractivity contribution in [2.75, 3.05) is 0 Å². The minimum Gasteiger partial charge on any atom is -0.304 e. The van der Waals surface area contributed by atoms with Gasteiger partial charge in [0.2, 0.25) is 0 Å². The first kappa shape index (κ1) is 13.8. The third-order valence-corrected chi connectivity index (χ3v) is 5.32. The third kappa shape index (κ3) is 3.13. The Morgan fingerprint density at radius 3 is 2.85 bits per heavy atom. The van der Waals surface area contributed by atoms with Crippen LogP contribution < -0.4 is 5.32 Å². The minimum absolute atomic E-state index is 0.394. The molecule has 3 rings (SSSR count). The van der Waals surface area contributed by atoms with Crippen LogP contribution in [0.4, 0.5) is 0 Å². The summed E-state index contributed by atoms with van der Waals surface area (Å²) >= 11 is 1.87. The number of nitrogens with zero attached hydrogens (tertiary/aromatic N) is 2. The van der Waals surface area contributed by atoms with Gasteiger partial charge in [0.1, 0.15) is 0 Å². The Balaban J connectivity index is 1.55. The molecule has 1 unspecified atom stereocenters. The Morgan fingerprint density at radius 2 is 2.15 bits per heavy atom. The Morgan fingerprint density at radius 1 is 1.35 bits per heavy atom. The zero-order valence-electron chi connectivity index (χ0n) is 12.3. The van der Waals surface area contributed by atoms with Gasteiger partial charge in [0, 0.05) is 28.5 Å². The number of thiophene rings is 1. The molecule has 0 bridgehead atoms. The lowest BCUT2D eigenvalue weighted by Gasteiger charge is -2.11. The molecule has 1 fully saturated rings. The molecular formula is C16H23N3S. The van der Waals surface area contributed by atoms with Crippen LogP contribution in [0.15, 0.2) is 24.4 Å². The number of nitrogens with one attached hydrogen (secondary N) is 1. The molecule has 0 amide bonds. The van der Waals surface area contributed by atoms with Crippen LogP contribution in [0.3, 0.4) is 0 Å². The predicted octanol–water partition coefficient (Wildman–Crippen LogP) is 4.22. The van der Waals surface area contributed by atoms with Crippen molar-refractivity contribution in [3.63, 3.8) is 0 Å². The van der Waals surface area contributed by atoms with E-state index >= 15 is 0 Å². The van der Waals surface area contributed by atoms with E-state index in [4.69, 9.17) is 5.10 Å². The molecule has 1 aliphatic rings. The minimum atomic E-state index is 0.394. The Kier molecular flexibility index (Phi) is 4.22. The van der Waals surface area contributed by atoms with Crippen molar-refractivity contribution < 1.29 is 0 Å². The van der Waals surface area contributed by atoms with Crippen molar-refractivity contribution in [1.82, 2.24) is 15.1 Å². The maximum absolute atomic E-state index is 4.72. The van der Waals surface area contributed by atoms with Gasteiger partial charge in [0.15, 0.2) is 0 Å². The van der Waals surface area contributed by atoms with E-state index in [1.54, 1.807) is 0 Å². The highest BCUT2D eigenvalue weighted by Crippen LogP contribution is 2.28. The molecular weight excluding hydrogens is 266 g/mol. The number of hydrogen-bond donors (Lipinski definition) is 1. The van der Waals surface area contributed by atoms with Gasteiger partial charge < -0.3 is 5.32 Å². The Hall–Kier alpha value is -1.13. The van der Waals surface area contributed by atoms with E-state index in [0.29, 0.717) is 12.1 Å². The number of hydrogen-bond acceptors (Lipinski definition) is 3. The summed E-state index contributed by atoms with van der Waals surface area (Å²) in [5.74, 6) is 0. The first-order valence-corrected chi connectivity index (χ1v) is 8.38. The highest BCUT2D eigenvalue weighted by Gasteiger charge is 2.17. The molecule has 2 aromatic rings. The van der Waals surface area contributed by atoms with Gasteiger partial charge in [-0.1, -0.05) is 12.8 Å². The van der Waals surface area contributed by atoms with Crippen molar-refractivity contribution in [3.05, 3.63) is 39.8 Å². The monoisotopic (exact) mass is 289 g/mol. The standard InChI is InChI=1S/C16H23N3S/c1-12-7-8-16(20-12)13(2)17-11-14-9-10-19(18-14)15-5-3-4-6-15/h7-10,13,15,17H,3-6,11H2,1-2H3. The maximum atomic E-state index is 4.72. The van der Waals surface area contributed by atoms with Crippen LogP contribution in [0.25, 0.3) is 0 Å². The maximum Gasteiger partial charge on any atom is 0.0762 e. The van der Waals surface area contributed by atoms with Gasteiger partial charge in [-0.2, -0.15) is 5.10 Å². The second-order valence-electron chi connectivity index (χ2n) is 5.78. The summed E-state index contributed by atoms with van der Waals surface area (Å²) in [5.41, 5.74) is 1.15. The van der Waals surface area contributed by atoms with E-state index in [2.05, 4.69) is 48.2 Å². The van der Waals surface area contributed by atoms with Gasteiger partial charge in [-0.05, 0) is 44.9 Å².